The molecule has 1 aliphatic carbocycles. The summed E-state index contributed by atoms with van der Waals surface area (Å²) >= 11 is 0. The van der Waals surface area contributed by atoms with Crippen LogP contribution in [0.3, 0.4) is 0 Å². The van der Waals surface area contributed by atoms with Crippen molar-refractivity contribution >= 4 is 5.91 Å². The molecule has 1 amide bonds. The van der Waals surface area contributed by atoms with Gasteiger partial charge in [-0.3, -0.25) is 9.69 Å². The maximum Gasteiger partial charge on any atom is 0.234 e. The van der Waals surface area contributed by atoms with Crippen molar-refractivity contribution in [3.63, 3.8) is 0 Å². The van der Waals surface area contributed by atoms with E-state index in [2.05, 4.69) is 21.3 Å². The van der Waals surface area contributed by atoms with Crippen molar-refractivity contribution in [2.45, 2.75) is 56.4 Å². The first-order valence-electron chi connectivity index (χ1n) is 9.19. The number of aromatic nitrogens is 1. The van der Waals surface area contributed by atoms with Gasteiger partial charge in [0.15, 0.2) is 5.79 Å². The fourth-order valence-corrected chi connectivity index (χ4v) is 4.36. The Kier molecular flexibility index (Phi) is 4.61. The molecule has 0 radical (unpaired) electrons. The zero-order chi connectivity index (χ0) is 16.4. The topological polar surface area (TPSA) is 66.6 Å². The Balaban J connectivity index is 1.26. The van der Waals surface area contributed by atoms with E-state index in [4.69, 9.17) is 9.47 Å². The highest BCUT2D eigenvalue weighted by atomic mass is 16.7. The molecule has 2 N–H and O–H groups in total. The molecule has 6 nitrogen and oxygen atoms in total. The number of nitrogens with one attached hydrogen (secondary N) is 2. The van der Waals surface area contributed by atoms with Crippen LogP contribution in [0.25, 0.3) is 0 Å². The number of rotatable bonds is 4. The van der Waals surface area contributed by atoms with Crippen LogP contribution >= 0.6 is 0 Å². The monoisotopic (exact) mass is 333 g/mol. The second kappa shape index (κ2) is 6.86. The zero-order valence-corrected chi connectivity index (χ0v) is 14.1. The van der Waals surface area contributed by atoms with Crippen LogP contribution in [-0.2, 0) is 14.3 Å². The molecule has 2 aliphatic heterocycles. The molecular formula is C18H27N3O3. The Hall–Kier alpha value is -1.37. The fraction of sp³-hybridized carbons (Fsp3) is 0.722. The largest absolute Gasteiger partial charge is 0.364 e. The van der Waals surface area contributed by atoms with E-state index in [9.17, 15) is 4.79 Å². The lowest BCUT2D eigenvalue weighted by Gasteiger charge is -2.36. The smallest absolute Gasteiger partial charge is 0.234 e. The molecule has 3 fully saturated rings. The highest BCUT2D eigenvalue weighted by Gasteiger charge is 2.40. The third-order valence-corrected chi connectivity index (χ3v) is 5.62. The third-order valence-electron chi connectivity index (χ3n) is 5.62. The van der Waals surface area contributed by atoms with E-state index in [1.54, 1.807) is 0 Å². The van der Waals surface area contributed by atoms with Crippen LogP contribution in [-0.4, -0.2) is 53.9 Å². The number of carbonyl (C=O) groups excluding carboxylic acids is 1. The standard InChI is InChI=1S/C18H27N3O3/c22-17(13-21-10-2-4-16(21)15-3-1-9-19-15)20-14-5-7-18(8-6-14)23-11-12-24-18/h1,3,9,14,16,19H,2,4-8,10-13H2,(H,20,22)/t16-/m0/s1. The van der Waals surface area contributed by atoms with Gasteiger partial charge in [-0.15, -0.1) is 0 Å². The van der Waals surface area contributed by atoms with E-state index in [1.807, 2.05) is 12.3 Å². The lowest BCUT2D eigenvalue weighted by Crippen LogP contribution is -2.46. The van der Waals surface area contributed by atoms with Gasteiger partial charge in [0.2, 0.25) is 5.91 Å². The van der Waals surface area contributed by atoms with Crippen LogP contribution in [0.4, 0.5) is 0 Å². The summed E-state index contributed by atoms with van der Waals surface area (Å²) in [6, 6.07) is 4.74. The number of carbonyl (C=O) groups is 1. The summed E-state index contributed by atoms with van der Waals surface area (Å²) in [5.41, 5.74) is 1.22. The van der Waals surface area contributed by atoms with Crippen LogP contribution in [0.15, 0.2) is 18.3 Å². The minimum absolute atomic E-state index is 0.141. The second-order valence-electron chi connectivity index (χ2n) is 7.20. The lowest BCUT2D eigenvalue weighted by atomic mass is 9.90. The number of hydrogen-bond acceptors (Lipinski definition) is 4. The minimum Gasteiger partial charge on any atom is -0.364 e. The number of nitrogens with zero attached hydrogens (tertiary/aromatic N) is 1. The van der Waals surface area contributed by atoms with Crippen LogP contribution in [0.2, 0.25) is 0 Å². The normalized spacial score (nSPS) is 27.8. The Morgan fingerprint density at radius 1 is 1.29 bits per heavy atom. The Labute approximate surface area is 142 Å². The molecule has 4 rings (SSSR count). The quantitative estimate of drug-likeness (QED) is 0.884. The summed E-state index contributed by atoms with van der Waals surface area (Å²) in [4.78, 5) is 18.0. The average molecular weight is 333 g/mol. The van der Waals surface area contributed by atoms with Gasteiger partial charge >= 0.3 is 0 Å². The van der Waals surface area contributed by atoms with Crippen LogP contribution in [0.5, 0.6) is 0 Å². The number of amides is 1. The van der Waals surface area contributed by atoms with Gasteiger partial charge in [-0.25, -0.2) is 0 Å². The number of H-pyrrole nitrogens is 1. The van der Waals surface area contributed by atoms with Crippen molar-refractivity contribution in [3.8, 4) is 0 Å². The van der Waals surface area contributed by atoms with Gasteiger partial charge in [-0.05, 0) is 44.4 Å². The summed E-state index contributed by atoms with van der Waals surface area (Å²) in [5.74, 6) is -0.211. The van der Waals surface area contributed by atoms with E-state index in [0.29, 0.717) is 25.8 Å². The van der Waals surface area contributed by atoms with Crippen molar-refractivity contribution in [1.82, 2.24) is 15.2 Å². The maximum absolute atomic E-state index is 12.5. The molecule has 1 aromatic heterocycles. The predicted molar refractivity (Wildman–Crippen MR) is 89.4 cm³/mol. The number of hydrogen-bond donors (Lipinski definition) is 2. The van der Waals surface area contributed by atoms with Crippen LogP contribution in [0, 0.1) is 0 Å². The van der Waals surface area contributed by atoms with Crippen molar-refractivity contribution in [2.24, 2.45) is 0 Å². The molecule has 0 bridgehead atoms. The van der Waals surface area contributed by atoms with Gasteiger partial charge in [0, 0.05) is 30.8 Å². The van der Waals surface area contributed by atoms with Crippen molar-refractivity contribution < 1.29 is 14.3 Å². The number of ether oxygens (including phenoxy) is 2. The SMILES string of the molecule is O=C(CN1CCC[C@H]1c1ccc[nH]1)NC1CCC2(CC1)OCCO2. The molecule has 6 heteroatoms. The highest BCUT2D eigenvalue weighted by molar-refractivity contribution is 5.78. The molecular weight excluding hydrogens is 306 g/mol. The summed E-state index contributed by atoms with van der Waals surface area (Å²) in [6.45, 7) is 2.88. The van der Waals surface area contributed by atoms with Gasteiger partial charge < -0.3 is 19.8 Å². The highest BCUT2D eigenvalue weighted by Crippen LogP contribution is 2.36. The molecule has 3 aliphatic rings. The number of likely N-dealkylation sites (tertiary alicyclic amines) is 1. The van der Waals surface area contributed by atoms with E-state index in [1.165, 1.54) is 5.69 Å². The molecule has 1 spiro atoms. The molecule has 3 heterocycles. The van der Waals surface area contributed by atoms with Crippen molar-refractivity contribution in [1.29, 1.82) is 0 Å². The first-order valence-corrected chi connectivity index (χ1v) is 9.19. The van der Waals surface area contributed by atoms with Crippen molar-refractivity contribution in [3.05, 3.63) is 24.0 Å². The lowest BCUT2D eigenvalue weighted by molar-refractivity contribution is -0.180. The minimum atomic E-state index is -0.352. The Bertz CT molecular complexity index is 544. The van der Waals surface area contributed by atoms with Gasteiger partial charge in [0.1, 0.15) is 0 Å². The molecule has 1 aromatic rings. The van der Waals surface area contributed by atoms with Gasteiger partial charge in [0.25, 0.3) is 0 Å². The van der Waals surface area contributed by atoms with Gasteiger partial charge in [-0.1, -0.05) is 0 Å². The van der Waals surface area contributed by atoms with Gasteiger partial charge in [0.05, 0.1) is 25.8 Å². The second-order valence-corrected chi connectivity index (χ2v) is 7.20. The summed E-state index contributed by atoms with van der Waals surface area (Å²) in [7, 11) is 0. The van der Waals surface area contributed by atoms with E-state index < -0.39 is 0 Å². The first kappa shape index (κ1) is 16.1. The summed E-state index contributed by atoms with van der Waals surface area (Å²) in [6.07, 6.45) is 7.86. The average Bonchev–Trinajstić information content (AvgIpc) is 3.31. The summed E-state index contributed by atoms with van der Waals surface area (Å²) in [5, 5.41) is 3.22. The predicted octanol–water partition coefficient (Wildman–Crippen LogP) is 1.95. The molecule has 1 saturated carbocycles. The van der Waals surface area contributed by atoms with E-state index in [0.717, 1.165) is 45.1 Å². The van der Waals surface area contributed by atoms with Gasteiger partial charge in [-0.2, -0.15) is 0 Å². The summed E-state index contributed by atoms with van der Waals surface area (Å²) < 4.78 is 11.5. The molecule has 0 aromatic carbocycles. The Morgan fingerprint density at radius 2 is 2.08 bits per heavy atom. The fourth-order valence-electron chi connectivity index (χ4n) is 4.36. The maximum atomic E-state index is 12.5. The molecule has 24 heavy (non-hydrogen) atoms. The van der Waals surface area contributed by atoms with Crippen molar-refractivity contribution in [2.75, 3.05) is 26.3 Å². The first-order chi connectivity index (χ1) is 11.7. The molecule has 2 saturated heterocycles. The molecule has 0 unspecified atom stereocenters. The van der Waals surface area contributed by atoms with Crippen LogP contribution in [0.1, 0.15) is 50.3 Å². The Morgan fingerprint density at radius 3 is 2.79 bits per heavy atom. The molecule has 132 valence electrons. The number of aromatic amines is 1. The van der Waals surface area contributed by atoms with E-state index >= 15 is 0 Å². The third kappa shape index (κ3) is 3.36. The zero-order valence-electron chi connectivity index (χ0n) is 14.1. The van der Waals surface area contributed by atoms with E-state index in [-0.39, 0.29) is 17.7 Å². The molecule has 1 atom stereocenters. The van der Waals surface area contributed by atoms with Crippen LogP contribution < -0.4 is 5.32 Å².